The Morgan fingerprint density at radius 1 is 1.20 bits per heavy atom. The Balaban J connectivity index is 1.45. The van der Waals surface area contributed by atoms with E-state index in [1.807, 2.05) is 28.2 Å². The van der Waals surface area contributed by atoms with Crippen LogP contribution in [0, 0.1) is 0 Å². The summed E-state index contributed by atoms with van der Waals surface area (Å²) in [6, 6.07) is 11.6. The van der Waals surface area contributed by atoms with Crippen LogP contribution in [0.1, 0.15) is 12.5 Å². The molecular formula is C21H16F3N3O2S. The molecule has 0 saturated carbocycles. The number of rotatable bonds is 5. The number of nitrogens with zero attached hydrogens (tertiary/aromatic N) is 2. The van der Waals surface area contributed by atoms with Crippen molar-refractivity contribution in [2.75, 3.05) is 5.32 Å². The van der Waals surface area contributed by atoms with Crippen molar-refractivity contribution in [2.45, 2.75) is 19.2 Å². The third kappa shape index (κ3) is 4.30. The van der Waals surface area contributed by atoms with Crippen LogP contribution >= 0.6 is 11.3 Å². The highest BCUT2D eigenvalue weighted by atomic mass is 32.1. The Morgan fingerprint density at radius 3 is 2.77 bits per heavy atom. The number of fused-ring (bicyclic) bond motifs is 1. The predicted octanol–water partition coefficient (Wildman–Crippen LogP) is 5.49. The van der Waals surface area contributed by atoms with Gasteiger partial charge in [0.05, 0.1) is 11.3 Å². The third-order valence-electron chi connectivity index (χ3n) is 4.36. The molecule has 154 valence electrons. The molecule has 0 aliphatic rings. The monoisotopic (exact) mass is 431 g/mol. The number of halogens is 3. The number of hydrogen-bond donors (Lipinski definition) is 1. The second kappa shape index (κ2) is 7.83. The van der Waals surface area contributed by atoms with E-state index in [4.69, 9.17) is 4.74 Å². The number of ether oxygens (including phenoxy) is 1. The van der Waals surface area contributed by atoms with Crippen LogP contribution in [-0.2, 0) is 11.0 Å². The van der Waals surface area contributed by atoms with E-state index in [0.717, 1.165) is 28.4 Å². The summed E-state index contributed by atoms with van der Waals surface area (Å²) < 4.78 is 45.8. The van der Waals surface area contributed by atoms with Gasteiger partial charge in [-0.2, -0.15) is 13.2 Å². The zero-order valence-electron chi connectivity index (χ0n) is 15.7. The molecular weight excluding hydrogens is 415 g/mol. The van der Waals surface area contributed by atoms with E-state index < -0.39 is 23.8 Å². The standard InChI is InChI=1S/C21H16F3N3O2S/c1-13(29-17-7-3-5-15(11-17)21(22,23)24)19(28)25-16-6-2-4-14(10-16)18-12-27-8-9-30-20(27)26-18/h2-13H,1H3,(H,25,28). The summed E-state index contributed by atoms with van der Waals surface area (Å²) in [5.74, 6) is -0.505. The van der Waals surface area contributed by atoms with Crippen LogP contribution in [0.25, 0.3) is 16.2 Å². The molecule has 0 spiro atoms. The highest BCUT2D eigenvalue weighted by Crippen LogP contribution is 2.31. The zero-order chi connectivity index (χ0) is 21.3. The summed E-state index contributed by atoms with van der Waals surface area (Å²) in [5.41, 5.74) is 1.30. The van der Waals surface area contributed by atoms with E-state index in [-0.39, 0.29) is 5.75 Å². The van der Waals surface area contributed by atoms with Gasteiger partial charge in [0, 0.05) is 29.0 Å². The zero-order valence-corrected chi connectivity index (χ0v) is 16.5. The van der Waals surface area contributed by atoms with Crippen molar-refractivity contribution in [2.24, 2.45) is 0 Å². The van der Waals surface area contributed by atoms with Gasteiger partial charge >= 0.3 is 6.18 Å². The number of aromatic nitrogens is 2. The SMILES string of the molecule is CC(Oc1cccc(C(F)(F)F)c1)C(=O)Nc1cccc(-c2cn3ccsc3n2)c1. The van der Waals surface area contributed by atoms with Crippen molar-refractivity contribution in [3.63, 3.8) is 0 Å². The van der Waals surface area contributed by atoms with Gasteiger partial charge in [0.25, 0.3) is 5.91 Å². The topological polar surface area (TPSA) is 55.6 Å². The van der Waals surface area contributed by atoms with Crippen molar-refractivity contribution in [3.8, 4) is 17.0 Å². The van der Waals surface area contributed by atoms with E-state index >= 15 is 0 Å². The first-order chi connectivity index (χ1) is 14.3. The fourth-order valence-corrected chi connectivity index (χ4v) is 3.57. The molecule has 0 saturated heterocycles. The molecule has 2 aromatic carbocycles. The highest BCUT2D eigenvalue weighted by molar-refractivity contribution is 7.15. The maximum Gasteiger partial charge on any atom is 0.416 e. The Bertz CT molecular complexity index is 1170. The maximum absolute atomic E-state index is 12.8. The summed E-state index contributed by atoms with van der Waals surface area (Å²) in [5, 5.41) is 4.67. The summed E-state index contributed by atoms with van der Waals surface area (Å²) in [4.78, 5) is 17.9. The molecule has 1 N–H and O–H groups in total. The van der Waals surface area contributed by atoms with Crippen LogP contribution in [0.4, 0.5) is 18.9 Å². The van der Waals surface area contributed by atoms with Gasteiger partial charge in [-0.15, -0.1) is 11.3 Å². The molecule has 5 nitrogen and oxygen atoms in total. The lowest BCUT2D eigenvalue weighted by molar-refractivity contribution is -0.137. The molecule has 1 amide bonds. The number of anilines is 1. The van der Waals surface area contributed by atoms with Crippen LogP contribution in [0.5, 0.6) is 5.75 Å². The van der Waals surface area contributed by atoms with Crippen molar-refractivity contribution < 1.29 is 22.7 Å². The molecule has 0 aliphatic carbocycles. The summed E-state index contributed by atoms with van der Waals surface area (Å²) in [6.07, 6.45) is -1.66. The van der Waals surface area contributed by atoms with Gasteiger partial charge in [-0.05, 0) is 37.3 Å². The number of imidazole rings is 1. The summed E-state index contributed by atoms with van der Waals surface area (Å²) in [7, 11) is 0. The number of thiazole rings is 1. The van der Waals surface area contributed by atoms with E-state index in [2.05, 4.69) is 10.3 Å². The lowest BCUT2D eigenvalue weighted by atomic mass is 10.1. The second-order valence-corrected chi connectivity index (χ2v) is 7.45. The van der Waals surface area contributed by atoms with Crippen molar-refractivity contribution in [1.29, 1.82) is 0 Å². The van der Waals surface area contributed by atoms with Crippen molar-refractivity contribution >= 4 is 27.9 Å². The molecule has 4 aromatic rings. The van der Waals surface area contributed by atoms with Gasteiger partial charge in [0.15, 0.2) is 11.1 Å². The first-order valence-corrected chi connectivity index (χ1v) is 9.85. The van der Waals surface area contributed by atoms with Gasteiger partial charge in [-0.3, -0.25) is 9.20 Å². The smallest absolute Gasteiger partial charge is 0.416 e. The van der Waals surface area contributed by atoms with Crippen LogP contribution in [0.15, 0.2) is 66.3 Å². The normalized spacial score (nSPS) is 12.7. The average Bonchev–Trinajstić information content (AvgIpc) is 3.30. The molecule has 1 unspecified atom stereocenters. The minimum absolute atomic E-state index is 0.0284. The molecule has 0 aliphatic heterocycles. The number of carbonyl (C=O) groups excluding carboxylic acids is 1. The predicted molar refractivity (Wildman–Crippen MR) is 109 cm³/mol. The van der Waals surface area contributed by atoms with Crippen LogP contribution in [-0.4, -0.2) is 21.4 Å². The molecule has 1 atom stereocenters. The van der Waals surface area contributed by atoms with E-state index in [0.29, 0.717) is 5.69 Å². The van der Waals surface area contributed by atoms with E-state index in [1.165, 1.54) is 30.4 Å². The quantitative estimate of drug-likeness (QED) is 0.455. The average molecular weight is 431 g/mol. The molecule has 0 radical (unpaired) electrons. The Kier molecular flexibility index (Phi) is 5.21. The minimum atomic E-state index is -4.48. The lowest BCUT2D eigenvalue weighted by Gasteiger charge is -2.16. The highest BCUT2D eigenvalue weighted by Gasteiger charge is 2.31. The Hall–Kier alpha value is -3.33. The van der Waals surface area contributed by atoms with Gasteiger partial charge < -0.3 is 10.1 Å². The lowest BCUT2D eigenvalue weighted by Crippen LogP contribution is -2.30. The van der Waals surface area contributed by atoms with E-state index in [9.17, 15) is 18.0 Å². The van der Waals surface area contributed by atoms with Crippen LogP contribution in [0.3, 0.4) is 0 Å². The van der Waals surface area contributed by atoms with Crippen LogP contribution in [0.2, 0.25) is 0 Å². The first kappa shape index (κ1) is 20.0. The van der Waals surface area contributed by atoms with Gasteiger partial charge in [0.1, 0.15) is 5.75 Å². The number of nitrogens with one attached hydrogen (secondary N) is 1. The van der Waals surface area contributed by atoms with Crippen molar-refractivity contribution in [3.05, 3.63) is 71.9 Å². The van der Waals surface area contributed by atoms with Crippen molar-refractivity contribution in [1.82, 2.24) is 9.38 Å². The minimum Gasteiger partial charge on any atom is -0.481 e. The van der Waals surface area contributed by atoms with E-state index in [1.54, 1.807) is 18.2 Å². The molecule has 30 heavy (non-hydrogen) atoms. The Morgan fingerprint density at radius 2 is 2.00 bits per heavy atom. The number of hydrogen-bond acceptors (Lipinski definition) is 4. The van der Waals surface area contributed by atoms with Gasteiger partial charge in [-0.1, -0.05) is 18.2 Å². The third-order valence-corrected chi connectivity index (χ3v) is 5.13. The molecule has 0 bridgehead atoms. The van der Waals surface area contributed by atoms with Gasteiger partial charge in [-0.25, -0.2) is 4.98 Å². The molecule has 0 fully saturated rings. The molecule has 2 aromatic heterocycles. The number of carbonyl (C=O) groups is 1. The largest absolute Gasteiger partial charge is 0.481 e. The Labute approximate surface area is 173 Å². The molecule has 4 rings (SSSR count). The maximum atomic E-state index is 12.8. The second-order valence-electron chi connectivity index (χ2n) is 6.57. The first-order valence-electron chi connectivity index (χ1n) is 8.97. The van der Waals surface area contributed by atoms with Crippen LogP contribution < -0.4 is 10.1 Å². The number of benzene rings is 2. The molecule has 2 heterocycles. The number of alkyl halides is 3. The fourth-order valence-electron chi connectivity index (χ4n) is 2.87. The van der Waals surface area contributed by atoms with Gasteiger partial charge in [0.2, 0.25) is 0 Å². The fraction of sp³-hybridized carbons (Fsp3) is 0.143. The summed E-state index contributed by atoms with van der Waals surface area (Å²) >= 11 is 1.52. The summed E-state index contributed by atoms with van der Waals surface area (Å²) in [6.45, 7) is 1.48. The molecule has 9 heteroatoms. The number of amides is 1.